The Kier molecular flexibility index (Phi) is 30.5. The van der Waals surface area contributed by atoms with Gasteiger partial charge in [0.15, 0.2) is 11.9 Å². The van der Waals surface area contributed by atoms with E-state index in [-0.39, 0.29) is 153 Å². The molecule has 0 unspecified atom stereocenters. The Morgan fingerprint density at radius 1 is 0.882 bits per heavy atom. The van der Waals surface area contributed by atoms with Crippen molar-refractivity contribution in [3.63, 3.8) is 0 Å². The highest BCUT2D eigenvalue weighted by Crippen LogP contribution is 2.38. The first-order valence-corrected chi connectivity index (χ1v) is 32.4. The number of rotatable bonds is 34. The number of cyclic esters (lactones) is 1. The molecule has 1 aromatic rings. The molecule has 4 aliphatic heterocycles. The molecule has 2 fully saturated rings. The molecule has 516 valence electrons. The van der Waals surface area contributed by atoms with Crippen LogP contribution in [0, 0.1) is 23.7 Å². The zero-order valence-corrected chi connectivity index (χ0v) is 55.5. The van der Waals surface area contributed by atoms with Crippen LogP contribution in [0.25, 0.3) is 0 Å². The molecule has 12 atom stereocenters. The Hall–Kier alpha value is -7.16. The molecule has 1 aromatic carbocycles. The number of primary amides is 1. The zero-order valence-electron chi connectivity index (χ0n) is 55.5. The summed E-state index contributed by atoms with van der Waals surface area (Å²) in [7, 11) is 0. The van der Waals surface area contributed by atoms with E-state index in [4.69, 9.17) is 38.9 Å². The number of unbranched alkanes of at least 4 members (excludes halogenated alkanes) is 1. The lowest BCUT2D eigenvalue weighted by Crippen LogP contribution is -2.53. The molecule has 25 nitrogen and oxygen atoms in total. The minimum Gasteiger partial charge on any atom is -0.457 e. The van der Waals surface area contributed by atoms with E-state index in [0.29, 0.717) is 42.4 Å². The minimum absolute atomic E-state index is 0.000971. The van der Waals surface area contributed by atoms with Gasteiger partial charge in [-0.25, -0.2) is 9.59 Å². The fraction of sp³-hybridized carbons (Fsp3) is 0.647. The molecule has 0 spiro atoms. The van der Waals surface area contributed by atoms with Gasteiger partial charge in [-0.2, -0.15) is 0 Å². The normalized spacial score (nSPS) is 24.4. The van der Waals surface area contributed by atoms with Crippen LogP contribution in [0.15, 0.2) is 72.4 Å². The molecule has 0 bridgehead atoms. The van der Waals surface area contributed by atoms with Gasteiger partial charge in [-0.1, -0.05) is 89.6 Å². The number of esters is 2. The van der Waals surface area contributed by atoms with Crippen LogP contribution in [0.3, 0.4) is 0 Å². The Balaban J connectivity index is 1.12. The van der Waals surface area contributed by atoms with Gasteiger partial charge >= 0.3 is 24.1 Å². The number of epoxide rings is 1. The van der Waals surface area contributed by atoms with Gasteiger partial charge in [0.2, 0.25) is 11.8 Å². The van der Waals surface area contributed by atoms with Gasteiger partial charge in [-0.15, -0.1) is 0 Å². The smallest absolute Gasteiger partial charge is 0.410 e. The second-order valence-electron chi connectivity index (χ2n) is 25.6. The third-order valence-electron chi connectivity index (χ3n) is 17.2. The average molecular weight is 1310 g/mol. The van der Waals surface area contributed by atoms with Crippen molar-refractivity contribution < 1.29 is 96.4 Å². The van der Waals surface area contributed by atoms with Crippen molar-refractivity contribution in [3.8, 4) is 0 Å². The minimum atomic E-state index is -1.50. The number of imide groups is 1. The summed E-state index contributed by atoms with van der Waals surface area (Å²) in [6.45, 7) is 16.4. The number of aliphatic hydroxyl groups is 3. The molecule has 93 heavy (non-hydrogen) atoms. The summed E-state index contributed by atoms with van der Waals surface area (Å²) < 4.78 is 40.3. The van der Waals surface area contributed by atoms with Crippen LogP contribution in [0.1, 0.15) is 144 Å². The van der Waals surface area contributed by atoms with Crippen molar-refractivity contribution >= 4 is 59.3 Å². The first-order valence-electron chi connectivity index (χ1n) is 32.4. The number of hydrogen-bond donors (Lipinski definition) is 5. The molecule has 0 aliphatic carbocycles. The number of allylic oxidation sites excluding steroid dienone is 2. The van der Waals surface area contributed by atoms with Gasteiger partial charge in [0.25, 0.3) is 11.8 Å². The second kappa shape index (κ2) is 37.1. The van der Waals surface area contributed by atoms with Crippen molar-refractivity contribution in [2.24, 2.45) is 29.4 Å². The number of amides is 6. The summed E-state index contributed by atoms with van der Waals surface area (Å²) >= 11 is 0. The number of nitrogens with zero attached hydrogens (tertiary/aromatic N) is 3. The van der Waals surface area contributed by atoms with Crippen molar-refractivity contribution in [3.05, 3.63) is 83.5 Å². The number of piperazine rings is 1. The summed E-state index contributed by atoms with van der Waals surface area (Å²) in [6.07, 6.45) is 6.76. The summed E-state index contributed by atoms with van der Waals surface area (Å²) in [5.41, 5.74) is 4.46. The number of nitrogens with one attached hydrogen (secondary N) is 1. The van der Waals surface area contributed by atoms with E-state index >= 15 is 0 Å². The third-order valence-corrected chi connectivity index (χ3v) is 17.2. The molecule has 6 amide bonds. The first-order chi connectivity index (χ1) is 44.0. The Labute approximate surface area is 545 Å². The summed E-state index contributed by atoms with van der Waals surface area (Å²) in [6, 6.07) is 5.93. The van der Waals surface area contributed by atoms with Gasteiger partial charge < -0.3 is 69.3 Å². The molecule has 6 N–H and O–H groups in total. The number of Topliss-reactive ketones (excluding diaryl/α,β-unsaturated/α-hetero) is 2. The van der Waals surface area contributed by atoms with Crippen LogP contribution in [-0.2, 0) is 84.5 Å². The number of nitrogens with two attached hydrogens (primary N) is 1. The van der Waals surface area contributed by atoms with Crippen LogP contribution in [0.5, 0.6) is 0 Å². The summed E-state index contributed by atoms with van der Waals surface area (Å²) in [4.78, 5) is 133. The molecule has 5 rings (SSSR count). The number of carbonyl (C=O) groups is 10. The topological polar surface area (TPSA) is 347 Å². The predicted octanol–water partition coefficient (Wildman–Crippen LogP) is 5.46. The average Bonchev–Trinajstić information content (AvgIpc) is 1.74. The van der Waals surface area contributed by atoms with Crippen LogP contribution in [0.4, 0.5) is 9.59 Å². The number of ether oxygens (including phenoxy) is 7. The van der Waals surface area contributed by atoms with Crippen molar-refractivity contribution in [2.45, 2.75) is 200 Å². The van der Waals surface area contributed by atoms with E-state index in [1.807, 2.05) is 27.7 Å². The van der Waals surface area contributed by atoms with Crippen molar-refractivity contribution in [2.75, 3.05) is 59.2 Å². The maximum atomic E-state index is 14.0. The third kappa shape index (κ3) is 25.6. The van der Waals surface area contributed by atoms with Crippen molar-refractivity contribution in [1.29, 1.82) is 0 Å². The van der Waals surface area contributed by atoms with E-state index in [1.54, 1.807) is 82.3 Å². The fourth-order valence-electron chi connectivity index (χ4n) is 11.3. The molecule has 0 saturated carbocycles. The first kappa shape index (κ1) is 76.6. The molecular weight excluding hydrogens is 1210 g/mol. The van der Waals surface area contributed by atoms with E-state index in [1.165, 1.54) is 28.9 Å². The number of benzene rings is 1. The number of ketones is 2. The quantitative estimate of drug-likeness (QED) is 0.0109. The molecular formula is C68H99N5O20. The Bertz CT molecular complexity index is 2830. The SMILES string of the molecule is CC[C@H](O)[C@@H](C)[C@H]1O[C@@H]1C[C@@](C)(O)/C=C/C=C(\C)[C@H]1OC(=O)C[C@H](O)CC[C@@](C)(OC(C)=O)[C@@H](OC(=O)N2CCN(C(=O)OCc3ccc(CC(=O)[C@H](CCCCC(N)=O)NC(=O)[C@@H](CC(=O)CCOCCOCCN4C(=O)C=CC4=O)C(C)C)cc3)CC2)/C=C/[C@@H]1C. The lowest BCUT2D eigenvalue weighted by atomic mass is 9.88. The van der Waals surface area contributed by atoms with Gasteiger partial charge in [-0.3, -0.25) is 43.3 Å². The van der Waals surface area contributed by atoms with E-state index in [9.17, 15) is 63.3 Å². The van der Waals surface area contributed by atoms with Crippen LogP contribution < -0.4 is 11.1 Å². The van der Waals surface area contributed by atoms with Gasteiger partial charge in [-0.05, 0) is 81.6 Å². The van der Waals surface area contributed by atoms with Gasteiger partial charge in [0.05, 0.1) is 75.5 Å². The fourth-order valence-corrected chi connectivity index (χ4v) is 11.3. The largest absolute Gasteiger partial charge is 0.457 e. The number of aliphatic hydroxyl groups excluding tert-OH is 2. The van der Waals surface area contributed by atoms with Gasteiger partial charge in [0.1, 0.15) is 24.1 Å². The van der Waals surface area contributed by atoms with Gasteiger partial charge in [0, 0.05) is 95.1 Å². The highest BCUT2D eigenvalue weighted by molar-refractivity contribution is 6.12. The standard InChI is InChI=1S/C68H99N5O20/c1-10-54(77)46(6)63-56(90-63)41-67(8,86)27-13-14-44(4)62-45(5)17-22-57(68(9,93-47(7)74)28-25-50(75)40-61(82)92-62)91-66(85)72-31-29-71(30-32-72)65(84)89-42-49-20-18-48(19-21-49)38-55(78)53(15-11-12-16-58(69)79)70-64(83)52(43(2)3)39-51(76)26-34-87-36-37-88-35-33-73-59(80)23-24-60(73)81/h13-14,17-24,27,43,45-46,50,52-54,56-57,62-63,75,77,86H,10-12,15-16,25-26,28-42H2,1-9H3,(H2,69,79)(H,70,83)/b22-17+,27-13+,44-14+/t45-,46+,50+,52-,53-,54-,56+,57-,62+,63+,67-,68+/m0/s1. The predicted molar refractivity (Wildman–Crippen MR) is 339 cm³/mol. The van der Waals surface area contributed by atoms with E-state index in [2.05, 4.69) is 5.32 Å². The van der Waals surface area contributed by atoms with Crippen molar-refractivity contribution in [1.82, 2.24) is 20.0 Å². The van der Waals surface area contributed by atoms with Crippen LogP contribution in [0.2, 0.25) is 0 Å². The molecule has 25 heteroatoms. The highest BCUT2D eigenvalue weighted by Gasteiger charge is 2.47. The maximum Gasteiger partial charge on any atom is 0.410 e. The molecule has 4 heterocycles. The van der Waals surface area contributed by atoms with E-state index in [0.717, 1.165) is 4.90 Å². The molecule has 2 saturated heterocycles. The van der Waals surface area contributed by atoms with Crippen LogP contribution >= 0.6 is 0 Å². The monoisotopic (exact) mass is 1310 g/mol. The zero-order chi connectivity index (χ0) is 68.6. The Morgan fingerprint density at radius 3 is 2.14 bits per heavy atom. The summed E-state index contributed by atoms with van der Waals surface area (Å²) in [5.74, 6) is -5.17. The van der Waals surface area contributed by atoms with E-state index < -0.39 is 101 Å². The maximum absolute atomic E-state index is 14.0. The second-order valence-corrected chi connectivity index (χ2v) is 25.6. The molecule has 0 radical (unpaired) electrons. The lowest BCUT2D eigenvalue weighted by Gasteiger charge is -2.38. The lowest BCUT2D eigenvalue weighted by molar-refractivity contribution is -0.168. The molecule has 4 aliphatic rings. The number of hydrogen-bond acceptors (Lipinski definition) is 20. The summed E-state index contributed by atoms with van der Waals surface area (Å²) in [5, 5.41) is 35.4. The highest BCUT2D eigenvalue weighted by atomic mass is 16.6. The Morgan fingerprint density at radius 2 is 1.52 bits per heavy atom. The number of carbonyl (C=O) groups excluding carboxylic acids is 10. The van der Waals surface area contributed by atoms with Crippen LogP contribution in [-0.4, -0.2) is 202 Å². The molecule has 0 aromatic heterocycles.